The Morgan fingerprint density at radius 2 is 1.64 bits per heavy atom. The quantitative estimate of drug-likeness (QED) is 0.468. The second kappa shape index (κ2) is 7.82. The molecule has 1 N–H and O–H groups in total. The summed E-state index contributed by atoms with van der Waals surface area (Å²) in [7, 11) is -5.95. The molecule has 4 aromatic rings. The molecule has 0 atom stereocenters. The lowest BCUT2D eigenvalue weighted by molar-refractivity contribution is -0.130. The van der Waals surface area contributed by atoms with Crippen molar-refractivity contribution in [1.82, 2.24) is 4.73 Å². The van der Waals surface area contributed by atoms with Gasteiger partial charge in [0.2, 0.25) is 0 Å². The van der Waals surface area contributed by atoms with Crippen LogP contribution in [0.1, 0.15) is 5.56 Å². The van der Waals surface area contributed by atoms with E-state index in [2.05, 4.69) is 17.4 Å². The van der Waals surface area contributed by atoms with Crippen molar-refractivity contribution in [3.8, 4) is 0 Å². The summed E-state index contributed by atoms with van der Waals surface area (Å²) in [4.78, 5) is 25.0. The second-order valence-electron chi connectivity index (χ2n) is 7.08. The van der Waals surface area contributed by atoms with E-state index in [9.17, 15) is 26.8 Å². The minimum Gasteiger partial charge on any atom is -0.320 e. The highest BCUT2D eigenvalue weighted by molar-refractivity contribution is 7.88. The Bertz CT molecular complexity index is 1560. The zero-order valence-corrected chi connectivity index (χ0v) is 17.7. The van der Waals surface area contributed by atoms with Crippen molar-refractivity contribution in [3.63, 3.8) is 0 Å². The predicted octanol–water partition coefficient (Wildman–Crippen LogP) is 2.92. The number of alkyl halides is 2. The Hall–Kier alpha value is -4.05. The number of pyridine rings is 1. The molecule has 0 spiro atoms. The summed E-state index contributed by atoms with van der Waals surface area (Å²) in [6.07, 6.45) is 1.50. The molecule has 0 saturated heterocycles. The van der Waals surface area contributed by atoms with Crippen LogP contribution >= 0.6 is 0 Å². The largest absolute Gasteiger partial charge is 0.459 e. The average molecular weight is 470 g/mol. The van der Waals surface area contributed by atoms with Crippen LogP contribution in [0.3, 0.4) is 0 Å². The molecule has 0 radical (unpaired) electrons. The molecule has 0 bridgehead atoms. The number of aromatic nitrogens is 1. The summed E-state index contributed by atoms with van der Waals surface area (Å²) in [6, 6.07) is 15.2. The first kappa shape index (κ1) is 22.2. The molecule has 0 aliphatic carbocycles. The van der Waals surface area contributed by atoms with E-state index >= 15 is 0 Å². The van der Waals surface area contributed by atoms with Crippen molar-refractivity contribution in [1.29, 1.82) is 0 Å². The van der Waals surface area contributed by atoms with Crippen LogP contribution in [0.4, 0.5) is 14.5 Å². The highest BCUT2D eigenvalue weighted by Gasteiger charge is 2.56. The Morgan fingerprint density at radius 3 is 2.24 bits per heavy atom. The molecule has 0 unspecified atom stereocenters. The van der Waals surface area contributed by atoms with Crippen LogP contribution in [0.15, 0.2) is 72.0 Å². The van der Waals surface area contributed by atoms with Gasteiger partial charge in [0.1, 0.15) is 0 Å². The van der Waals surface area contributed by atoms with E-state index in [1.807, 2.05) is 5.32 Å². The zero-order chi connectivity index (χ0) is 24.0. The molecule has 4 rings (SSSR count). The van der Waals surface area contributed by atoms with Crippen molar-refractivity contribution in [2.75, 3.05) is 5.32 Å². The number of amides is 1. The third-order valence-corrected chi connectivity index (χ3v) is 6.19. The summed E-state index contributed by atoms with van der Waals surface area (Å²) >= 11 is 0. The monoisotopic (exact) mass is 470 g/mol. The SMILES string of the molecule is C=Cc1ccc(NC(=O)C(F)(F)S(=O)(=O)On2c(=C)c3cccc4cccc(c2=O)c43)cc1. The molecule has 1 amide bonds. The van der Waals surface area contributed by atoms with Crippen LogP contribution in [0.2, 0.25) is 0 Å². The number of hydrogen-bond acceptors (Lipinski definition) is 5. The second-order valence-corrected chi connectivity index (χ2v) is 8.65. The van der Waals surface area contributed by atoms with Crippen LogP contribution < -0.4 is 20.5 Å². The predicted molar refractivity (Wildman–Crippen MR) is 122 cm³/mol. The molecule has 1 heterocycles. The summed E-state index contributed by atoms with van der Waals surface area (Å²) in [5.41, 5.74) is -0.420. The maximum absolute atomic E-state index is 14.7. The summed E-state index contributed by atoms with van der Waals surface area (Å²) in [5.74, 6) is -2.15. The summed E-state index contributed by atoms with van der Waals surface area (Å²) < 4.78 is 58.8. The van der Waals surface area contributed by atoms with Crippen molar-refractivity contribution >= 4 is 55.9 Å². The minimum absolute atomic E-state index is 0.0424. The maximum Gasteiger partial charge on any atom is 0.459 e. The number of carbonyl (C=O) groups is 1. The smallest absolute Gasteiger partial charge is 0.320 e. The van der Waals surface area contributed by atoms with Gasteiger partial charge in [-0.3, -0.25) is 13.9 Å². The third-order valence-electron chi connectivity index (χ3n) is 5.03. The van der Waals surface area contributed by atoms with Crippen molar-refractivity contribution < 1.29 is 26.3 Å². The summed E-state index contributed by atoms with van der Waals surface area (Å²) in [5, 5.41) is -1.93. The molecule has 3 aromatic carbocycles. The van der Waals surface area contributed by atoms with Crippen molar-refractivity contribution in [2.45, 2.75) is 5.25 Å². The molecule has 10 heteroatoms. The number of rotatable bonds is 6. The van der Waals surface area contributed by atoms with Gasteiger partial charge in [-0.2, -0.15) is 17.2 Å². The highest BCUT2D eigenvalue weighted by atomic mass is 32.2. The normalized spacial score (nSPS) is 12.1. The van der Waals surface area contributed by atoms with E-state index in [0.29, 0.717) is 21.7 Å². The maximum atomic E-state index is 14.7. The van der Waals surface area contributed by atoms with Crippen molar-refractivity contribution in [2.24, 2.45) is 0 Å². The van der Waals surface area contributed by atoms with Crippen LogP contribution in [-0.4, -0.2) is 24.3 Å². The van der Waals surface area contributed by atoms with Gasteiger partial charge in [-0.05, 0) is 29.1 Å². The first-order valence-corrected chi connectivity index (χ1v) is 10.9. The zero-order valence-electron chi connectivity index (χ0n) is 16.9. The van der Waals surface area contributed by atoms with E-state index in [4.69, 9.17) is 0 Å². The Kier molecular flexibility index (Phi) is 5.25. The fourth-order valence-corrected chi connectivity index (χ4v) is 4.07. The number of hydrogen-bond donors (Lipinski definition) is 1. The van der Waals surface area contributed by atoms with Gasteiger partial charge in [-0.15, -0.1) is 4.73 Å². The fourth-order valence-electron chi connectivity index (χ4n) is 3.34. The number of anilines is 1. The summed E-state index contributed by atoms with van der Waals surface area (Å²) in [6.45, 7) is 7.17. The van der Waals surface area contributed by atoms with Gasteiger partial charge in [-0.1, -0.05) is 61.7 Å². The molecular weight excluding hydrogens is 454 g/mol. The molecule has 0 saturated carbocycles. The Labute approximate surface area is 186 Å². The molecule has 0 aliphatic rings. The molecule has 0 fully saturated rings. The molecule has 168 valence electrons. The number of benzene rings is 3. The molecule has 1 aromatic heterocycles. The fraction of sp³-hybridized carbons (Fsp3) is 0.0435. The molecule has 33 heavy (non-hydrogen) atoms. The van der Waals surface area contributed by atoms with Crippen LogP contribution in [-0.2, 0) is 14.9 Å². The number of carbonyl (C=O) groups excluding carboxylic acids is 1. The topological polar surface area (TPSA) is 94.5 Å². The highest BCUT2D eigenvalue weighted by Crippen LogP contribution is 2.25. The number of halogens is 2. The molecule has 7 nitrogen and oxygen atoms in total. The first-order valence-electron chi connectivity index (χ1n) is 9.48. The van der Waals surface area contributed by atoms with Gasteiger partial charge in [-0.25, -0.2) is 0 Å². The number of nitrogens with zero attached hydrogens (tertiary/aromatic N) is 1. The van der Waals surface area contributed by atoms with E-state index in [0.717, 1.165) is 0 Å². The Balaban J connectivity index is 1.73. The van der Waals surface area contributed by atoms with E-state index in [1.54, 1.807) is 30.3 Å². The Morgan fingerprint density at radius 1 is 1.03 bits per heavy atom. The van der Waals surface area contributed by atoms with Gasteiger partial charge in [0.05, 0.1) is 10.7 Å². The standard InChI is InChI=1S/C23H16F2N2O5S/c1-3-15-10-12-17(13-11-15)26-22(29)23(24,25)33(30,31)32-27-14(2)18-8-4-6-16-7-5-9-19(20(16)18)21(27)28/h3-13H,1-2H2,(H,26,29). The van der Waals surface area contributed by atoms with Gasteiger partial charge in [0.15, 0.2) is 0 Å². The lowest BCUT2D eigenvalue weighted by Gasteiger charge is -2.18. The number of nitrogens with one attached hydrogen (secondary N) is 1. The average Bonchev–Trinajstić information content (AvgIpc) is 2.80. The third kappa shape index (κ3) is 3.64. The van der Waals surface area contributed by atoms with Crippen LogP contribution in [0.5, 0.6) is 0 Å². The van der Waals surface area contributed by atoms with Crippen LogP contribution in [0.25, 0.3) is 34.2 Å². The molecule has 0 aliphatic heterocycles. The molecular formula is C23H16F2N2O5S. The first-order chi connectivity index (χ1) is 15.6. The van der Waals surface area contributed by atoms with Crippen molar-refractivity contribution in [3.05, 3.63) is 88.5 Å². The van der Waals surface area contributed by atoms with Gasteiger partial charge < -0.3 is 5.32 Å². The van der Waals surface area contributed by atoms with Gasteiger partial charge in [0, 0.05) is 16.5 Å². The lowest BCUT2D eigenvalue weighted by Crippen LogP contribution is -2.50. The van der Waals surface area contributed by atoms with E-state index in [-0.39, 0.29) is 21.2 Å². The van der Waals surface area contributed by atoms with E-state index in [1.165, 1.54) is 36.4 Å². The van der Waals surface area contributed by atoms with Gasteiger partial charge >= 0.3 is 21.3 Å². The minimum atomic E-state index is -5.95. The van der Waals surface area contributed by atoms with E-state index < -0.39 is 26.8 Å². The lowest BCUT2D eigenvalue weighted by atomic mass is 10.0. The van der Waals surface area contributed by atoms with Gasteiger partial charge in [0.25, 0.3) is 5.56 Å². The van der Waals surface area contributed by atoms with Crippen LogP contribution in [0, 0.1) is 0 Å².